The van der Waals surface area contributed by atoms with Crippen molar-refractivity contribution in [3.8, 4) is 0 Å². The molecule has 174 valence electrons. The Bertz CT molecular complexity index is 1190. The number of carbonyl (C=O) groups is 2. The zero-order chi connectivity index (χ0) is 23.7. The molecule has 33 heavy (non-hydrogen) atoms. The third-order valence-corrected chi connectivity index (χ3v) is 6.44. The quantitative estimate of drug-likeness (QED) is 0.627. The molecule has 1 unspecified atom stereocenters. The van der Waals surface area contributed by atoms with Gasteiger partial charge in [0.1, 0.15) is 6.04 Å². The fraction of sp³-hybridized carbons (Fsp3) is 0.385. The van der Waals surface area contributed by atoms with Gasteiger partial charge in [-0.2, -0.15) is 0 Å². The van der Waals surface area contributed by atoms with Crippen LogP contribution in [0.4, 0.5) is 11.4 Å². The summed E-state index contributed by atoms with van der Waals surface area (Å²) >= 11 is 0. The average molecular weight is 448 g/mol. The minimum Gasteiger partial charge on any atom is -0.369 e. The van der Waals surface area contributed by atoms with E-state index in [-0.39, 0.29) is 11.8 Å². The molecule has 4 rings (SSSR count). The van der Waals surface area contributed by atoms with Gasteiger partial charge in [0.25, 0.3) is 5.91 Å². The second-order valence-corrected chi connectivity index (χ2v) is 9.05. The van der Waals surface area contributed by atoms with E-state index in [1.54, 1.807) is 19.0 Å². The lowest BCUT2D eigenvalue weighted by Gasteiger charge is -2.30. The fourth-order valence-electron chi connectivity index (χ4n) is 4.37. The van der Waals surface area contributed by atoms with Crippen LogP contribution in [0.1, 0.15) is 34.5 Å². The van der Waals surface area contributed by atoms with Crippen LogP contribution in [0.25, 0.3) is 10.9 Å². The topological polar surface area (TPSA) is 69.6 Å². The van der Waals surface area contributed by atoms with E-state index in [4.69, 9.17) is 0 Å². The van der Waals surface area contributed by atoms with Gasteiger partial charge in [-0.3, -0.25) is 9.59 Å². The molecule has 2 heterocycles. The van der Waals surface area contributed by atoms with E-state index < -0.39 is 6.04 Å². The van der Waals surface area contributed by atoms with Crippen LogP contribution >= 0.6 is 0 Å². The second kappa shape index (κ2) is 9.27. The summed E-state index contributed by atoms with van der Waals surface area (Å²) in [4.78, 5) is 29.7. The van der Waals surface area contributed by atoms with E-state index in [1.807, 2.05) is 49.7 Å². The number of aromatic nitrogens is 1. The van der Waals surface area contributed by atoms with Crippen molar-refractivity contribution in [1.82, 2.24) is 14.8 Å². The van der Waals surface area contributed by atoms with E-state index in [0.29, 0.717) is 5.56 Å². The summed E-state index contributed by atoms with van der Waals surface area (Å²) in [7, 11) is 3.48. The molecule has 7 nitrogen and oxygen atoms in total. The maximum absolute atomic E-state index is 13.3. The van der Waals surface area contributed by atoms with Gasteiger partial charge in [0.15, 0.2) is 0 Å². The van der Waals surface area contributed by atoms with Gasteiger partial charge in [-0.05, 0) is 56.2 Å². The molecule has 0 spiro atoms. The number of benzene rings is 2. The van der Waals surface area contributed by atoms with Crippen molar-refractivity contribution in [2.24, 2.45) is 0 Å². The monoisotopic (exact) mass is 447 g/mol. The summed E-state index contributed by atoms with van der Waals surface area (Å²) < 4.78 is 1.96. The lowest BCUT2D eigenvalue weighted by atomic mass is 10.1. The molecule has 2 amide bonds. The Balaban J connectivity index is 1.61. The highest BCUT2D eigenvalue weighted by Gasteiger charge is 2.21. The highest BCUT2D eigenvalue weighted by atomic mass is 16.2. The molecule has 1 aliphatic heterocycles. The normalized spacial score (nSPS) is 14.9. The highest BCUT2D eigenvalue weighted by Crippen LogP contribution is 2.28. The number of nitrogens with one attached hydrogen (secondary N) is 2. The van der Waals surface area contributed by atoms with Gasteiger partial charge in [-0.1, -0.05) is 12.1 Å². The zero-order valence-electron chi connectivity index (χ0n) is 20.1. The maximum Gasteiger partial charge on any atom is 0.253 e. The van der Waals surface area contributed by atoms with E-state index >= 15 is 0 Å². The maximum atomic E-state index is 13.3. The van der Waals surface area contributed by atoms with Gasteiger partial charge in [-0.25, -0.2) is 0 Å². The van der Waals surface area contributed by atoms with Gasteiger partial charge in [0.05, 0.1) is 0 Å². The summed E-state index contributed by atoms with van der Waals surface area (Å²) in [5.41, 5.74) is 5.55. The first kappa shape index (κ1) is 22.9. The minimum absolute atomic E-state index is 0.0558. The van der Waals surface area contributed by atoms with E-state index in [9.17, 15) is 9.59 Å². The Morgan fingerprint density at radius 2 is 1.76 bits per heavy atom. The Hall–Kier alpha value is -3.32. The van der Waals surface area contributed by atoms with Crippen LogP contribution in [0.2, 0.25) is 0 Å². The number of aryl methyl sites for hydroxylation is 2. The van der Waals surface area contributed by atoms with Crippen molar-refractivity contribution in [2.75, 3.05) is 50.5 Å². The SMILES string of the molecule is Cc1ccc(N2CCNCC2)cc1NC(=O)C(C)n1cc(C)c2ccc(C(=O)N(C)C)cc21. The van der Waals surface area contributed by atoms with E-state index in [2.05, 4.69) is 33.7 Å². The molecule has 0 radical (unpaired) electrons. The smallest absolute Gasteiger partial charge is 0.253 e. The number of hydrogen-bond acceptors (Lipinski definition) is 4. The Labute approximate surface area is 195 Å². The van der Waals surface area contributed by atoms with Crippen LogP contribution in [0.3, 0.4) is 0 Å². The predicted molar refractivity (Wildman–Crippen MR) is 134 cm³/mol. The first-order valence-electron chi connectivity index (χ1n) is 11.5. The number of amides is 2. The standard InChI is InChI=1S/C26H33N5O2/c1-17-6-8-21(30-12-10-27-11-13-30)15-23(17)28-25(32)19(3)31-16-18(2)22-9-7-20(14-24(22)31)26(33)29(4)5/h6-9,14-16,19,27H,10-13H2,1-5H3,(H,28,32). The molecule has 2 aromatic carbocycles. The molecule has 0 bridgehead atoms. The summed E-state index contributed by atoms with van der Waals surface area (Å²) in [6.45, 7) is 9.76. The number of carbonyl (C=O) groups excluding carboxylic acids is 2. The number of nitrogens with zero attached hydrogens (tertiary/aromatic N) is 3. The summed E-state index contributed by atoms with van der Waals surface area (Å²) in [6.07, 6.45) is 1.99. The summed E-state index contributed by atoms with van der Waals surface area (Å²) in [5, 5.41) is 7.56. The fourth-order valence-corrected chi connectivity index (χ4v) is 4.37. The Morgan fingerprint density at radius 3 is 2.45 bits per heavy atom. The van der Waals surface area contributed by atoms with Crippen LogP contribution in [0.5, 0.6) is 0 Å². The molecule has 1 saturated heterocycles. The molecule has 0 aliphatic carbocycles. The molecule has 1 aromatic heterocycles. The molecule has 0 saturated carbocycles. The molecule has 1 atom stereocenters. The first-order valence-corrected chi connectivity index (χ1v) is 11.5. The lowest BCUT2D eigenvalue weighted by molar-refractivity contribution is -0.118. The van der Waals surface area contributed by atoms with Crippen LogP contribution in [0.15, 0.2) is 42.6 Å². The van der Waals surface area contributed by atoms with Crippen molar-refractivity contribution >= 4 is 34.1 Å². The number of piperazine rings is 1. The van der Waals surface area contributed by atoms with Crippen LogP contribution in [0, 0.1) is 13.8 Å². The molecule has 1 aliphatic rings. The summed E-state index contributed by atoms with van der Waals surface area (Å²) in [6, 6.07) is 11.5. The van der Waals surface area contributed by atoms with Gasteiger partial charge in [-0.15, -0.1) is 0 Å². The predicted octanol–water partition coefficient (Wildman–Crippen LogP) is 3.57. The number of fused-ring (bicyclic) bond motifs is 1. The van der Waals surface area contributed by atoms with Crippen molar-refractivity contribution in [2.45, 2.75) is 26.8 Å². The van der Waals surface area contributed by atoms with Crippen LogP contribution < -0.4 is 15.5 Å². The zero-order valence-corrected chi connectivity index (χ0v) is 20.1. The van der Waals surface area contributed by atoms with Crippen molar-refractivity contribution < 1.29 is 9.59 Å². The second-order valence-electron chi connectivity index (χ2n) is 9.05. The van der Waals surface area contributed by atoms with Crippen LogP contribution in [-0.2, 0) is 4.79 Å². The molecule has 7 heteroatoms. The van der Waals surface area contributed by atoms with Gasteiger partial charge < -0.3 is 25.0 Å². The van der Waals surface area contributed by atoms with Crippen molar-refractivity contribution in [3.63, 3.8) is 0 Å². The third-order valence-electron chi connectivity index (χ3n) is 6.44. The Morgan fingerprint density at radius 1 is 1.03 bits per heavy atom. The third kappa shape index (κ3) is 4.59. The lowest BCUT2D eigenvalue weighted by Crippen LogP contribution is -2.43. The van der Waals surface area contributed by atoms with E-state index in [0.717, 1.165) is 59.6 Å². The summed E-state index contributed by atoms with van der Waals surface area (Å²) in [5.74, 6) is -0.142. The van der Waals surface area contributed by atoms with Crippen LogP contribution in [-0.4, -0.2) is 61.6 Å². The largest absolute Gasteiger partial charge is 0.369 e. The Kier molecular flexibility index (Phi) is 6.42. The van der Waals surface area contributed by atoms with Gasteiger partial charge >= 0.3 is 0 Å². The number of anilines is 2. The molecule has 1 fully saturated rings. The van der Waals surface area contributed by atoms with Crippen molar-refractivity contribution in [1.29, 1.82) is 0 Å². The molecular formula is C26H33N5O2. The molecular weight excluding hydrogens is 414 g/mol. The van der Waals surface area contributed by atoms with Gasteiger partial charge in [0.2, 0.25) is 5.91 Å². The molecule has 3 aromatic rings. The average Bonchev–Trinajstić information content (AvgIpc) is 3.15. The number of rotatable bonds is 5. The first-order chi connectivity index (χ1) is 15.8. The van der Waals surface area contributed by atoms with Gasteiger partial charge in [0, 0.05) is 74.3 Å². The highest BCUT2D eigenvalue weighted by molar-refractivity contribution is 6.00. The molecule has 2 N–H and O–H groups in total. The van der Waals surface area contributed by atoms with E-state index in [1.165, 1.54) is 0 Å². The minimum atomic E-state index is -0.437. The number of hydrogen-bond donors (Lipinski definition) is 2. The van der Waals surface area contributed by atoms with Crippen molar-refractivity contribution in [3.05, 3.63) is 59.3 Å².